The molecule has 0 fully saturated rings. The van der Waals surface area contributed by atoms with Crippen LogP contribution in [-0.4, -0.2) is 33.7 Å². The van der Waals surface area contributed by atoms with Crippen molar-refractivity contribution in [3.05, 3.63) is 54.0 Å². The fraction of sp³-hybridized carbons (Fsp3) is 0.353. The lowest BCUT2D eigenvalue weighted by Gasteiger charge is -2.12. The molecule has 0 atom stereocenters. The average molecular weight is 364 g/mol. The third-order valence-corrected chi connectivity index (χ3v) is 3.90. The number of nitrogens with one attached hydrogen (secondary N) is 3. The molecule has 0 radical (unpaired) electrons. The molecule has 2 aromatic rings. The Balaban J connectivity index is 2.00. The van der Waals surface area contributed by atoms with E-state index in [1.54, 1.807) is 18.4 Å². The maximum atomic E-state index is 11.5. The maximum Gasteiger partial charge on any atom is 0.229 e. The number of rotatable bonds is 8. The van der Waals surface area contributed by atoms with Crippen molar-refractivity contribution in [2.45, 2.75) is 19.9 Å². The second kappa shape index (κ2) is 9.12. The van der Waals surface area contributed by atoms with E-state index < -0.39 is 10.0 Å². The van der Waals surface area contributed by atoms with E-state index in [9.17, 15) is 8.42 Å². The zero-order chi connectivity index (χ0) is 18.1. The smallest absolute Gasteiger partial charge is 0.229 e. The first-order chi connectivity index (χ1) is 12.0. The summed E-state index contributed by atoms with van der Waals surface area (Å²) in [5.41, 5.74) is 1.34. The van der Waals surface area contributed by atoms with Gasteiger partial charge in [0.25, 0.3) is 0 Å². The standard InChI is InChI=1S/C17H24N4O3S/c1-3-18-17(19-11-10-15-8-6-12-24-15)20-13-14-7-4-5-9-16(14)21-25(2,22)23/h4-9,12,21H,3,10-11,13H2,1-2H3,(H2,18,19,20). The zero-order valence-electron chi connectivity index (χ0n) is 14.5. The summed E-state index contributed by atoms with van der Waals surface area (Å²) in [6, 6.07) is 11.0. The van der Waals surface area contributed by atoms with Crippen LogP contribution in [0.5, 0.6) is 0 Å². The van der Waals surface area contributed by atoms with Crippen molar-refractivity contribution in [2.24, 2.45) is 4.99 Å². The van der Waals surface area contributed by atoms with Crippen LogP contribution in [0.1, 0.15) is 18.2 Å². The third kappa shape index (κ3) is 6.88. The molecule has 0 amide bonds. The first-order valence-electron chi connectivity index (χ1n) is 8.08. The Kier molecular flexibility index (Phi) is 6.88. The summed E-state index contributed by atoms with van der Waals surface area (Å²) in [4.78, 5) is 4.52. The Bertz CT molecular complexity index is 786. The van der Waals surface area contributed by atoms with Crippen molar-refractivity contribution in [3.8, 4) is 0 Å². The zero-order valence-corrected chi connectivity index (χ0v) is 15.3. The molecule has 1 heterocycles. The third-order valence-electron chi connectivity index (χ3n) is 3.31. The van der Waals surface area contributed by atoms with Gasteiger partial charge in [0.1, 0.15) is 5.76 Å². The number of benzene rings is 1. The van der Waals surface area contributed by atoms with Crippen LogP contribution >= 0.6 is 0 Å². The molecule has 0 aliphatic carbocycles. The predicted molar refractivity (Wildman–Crippen MR) is 100 cm³/mol. The second-order valence-corrected chi connectivity index (χ2v) is 7.23. The van der Waals surface area contributed by atoms with Gasteiger partial charge in [0, 0.05) is 19.5 Å². The Labute approximate surface area is 148 Å². The molecule has 0 saturated heterocycles. The Morgan fingerprint density at radius 2 is 1.96 bits per heavy atom. The van der Waals surface area contributed by atoms with Crippen molar-refractivity contribution in [2.75, 3.05) is 24.1 Å². The largest absolute Gasteiger partial charge is 0.469 e. The summed E-state index contributed by atoms with van der Waals surface area (Å²) in [5.74, 6) is 1.58. The van der Waals surface area contributed by atoms with Gasteiger partial charge in [0.2, 0.25) is 10.0 Å². The molecular formula is C17H24N4O3S. The molecule has 0 bridgehead atoms. The molecule has 0 aliphatic heterocycles. The van der Waals surface area contributed by atoms with Gasteiger partial charge in [-0.1, -0.05) is 18.2 Å². The molecule has 3 N–H and O–H groups in total. The SMILES string of the molecule is CCNC(=NCc1ccccc1NS(C)(=O)=O)NCCc1ccco1. The molecular weight excluding hydrogens is 340 g/mol. The van der Waals surface area contributed by atoms with Gasteiger partial charge in [-0.2, -0.15) is 0 Å². The number of para-hydroxylation sites is 1. The Hall–Kier alpha value is -2.48. The first kappa shape index (κ1) is 18.9. The number of aliphatic imine (C=N–C) groups is 1. The van der Waals surface area contributed by atoms with Gasteiger partial charge >= 0.3 is 0 Å². The number of hydrogen-bond donors (Lipinski definition) is 3. The molecule has 0 unspecified atom stereocenters. The molecule has 2 rings (SSSR count). The predicted octanol–water partition coefficient (Wildman–Crippen LogP) is 1.95. The molecule has 8 heteroatoms. The van der Waals surface area contributed by atoms with Gasteiger partial charge in [-0.05, 0) is 30.7 Å². The number of hydrogen-bond acceptors (Lipinski definition) is 4. The highest BCUT2D eigenvalue weighted by atomic mass is 32.2. The number of anilines is 1. The summed E-state index contributed by atoms with van der Waals surface area (Å²) < 4.78 is 30.8. The Morgan fingerprint density at radius 1 is 1.16 bits per heavy atom. The highest BCUT2D eigenvalue weighted by Crippen LogP contribution is 2.17. The number of furan rings is 1. The average Bonchev–Trinajstić information content (AvgIpc) is 3.06. The summed E-state index contributed by atoms with van der Waals surface area (Å²) >= 11 is 0. The molecule has 1 aromatic heterocycles. The molecule has 0 saturated carbocycles. The number of nitrogens with zero attached hydrogens (tertiary/aromatic N) is 1. The van der Waals surface area contributed by atoms with E-state index in [4.69, 9.17) is 4.42 Å². The minimum absolute atomic E-state index is 0.356. The highest BCUT2D eigenvalue weighted by Gasteiger charge is 2.07. The summed E-state index contributed by atoms with van der Waals surface area (Å²) in [6.45, 7) is 3.76. The van der Waals surface area contributed by atoms with E-state index in [0.29, 0.717) is 24.7 Å². The monoisotopic (exact) mass is 364 g/mol. The minimum atomic E-state index is -3.33. The lowest BCUT2D eigenvalue weighted by molar-refractivity contribution is 0.507. The van der Waals surface area contributed by atoms with E-state index in [0.717, 1.165) is 30.5 Å². The van der Waals surface area contributed by atoms with Gasteiger partial charge in [0.05, 0.1) is 24.8 Å². The van der Waals surface area contributed by atoms with E-state index in [1.165, 1.54) is 0 Å². The van der Waals surface area contributed by atoms with Crippen LogP contribution in [-0.2, 0) is 23.0 Å². The normalized spacial score (nSPS) is 12.0. The van der Waals surface area contributed by atoms with Gasteiger partial charge in [0.15, 0.2) is 5.96 Å². The van der Waals surface area contributed by atoms with Gasteiger partial charge < -0.3 is 15.1 Å². The van der Waals surface area contributed by atoms with Crippen LogP contribution in [0, 0.1) is 0 Å². The van der Waals surface area contributed by atoms with Crippen LogP contribution in [0.15, 0.2) is 52.1 Å². The van der Waals surface area contributed by atoms with E-state index in [-0.39, 0.29) is 0 Å². The molecule has 0 spiro atoms. The fourth-order valence-electron chi connectivity index (χ4n) is 2.22. The van der Waals surface area contributed by atoms with Gasteiger partial charge in [-0.15, -0.1) is 0 Å². The topological polar surface area (TPSA) is 95.7 Å². The first-order valence-corrected chi connectivity index (χ1v) is 9.97. The minimum Gasteiger partial charge on any atom is -0.469 e. The van der Waals surface area contributed by atoms with Crippen LogP contribution in [0.2, 0.25) is 0 Å². The molecule has 136 valence electrons. The van der Waals surface area contributed by atoms with E-state index in [1.807, 2.05) is 31.2 Å². The second-order valence-electron chi connectivity index (χ2n) is 5.48. The van der Waals surface area contributed by atoms with Crippen LogP contribution in [0.3, 0.4) is 0 Å². The van der Waals surface area contributed by atoms with E-state index in [2.05, 4.69) is 20.3 Å². The van der Waals surface area contributed by atoms with Crippen molar-refractivity contribution in [1.82, 2.24) is 10.6 Å². The summed E-state index contributed by atoms with van der Waals surface area (Å²) in [7, 11) is -3.33. The van der Waals surface area contributed by atoms with Crippen LogP contribution in [0.4, 0.5) is 5.69 Å². The Morgan fingerprint density at radius 3 is 2.64 bits per heavy atom. The van der Waals surface area contributed by atoms with Crippen LogP contribution < -0.4 is 15.4 Å². The quantitative estimate of drug-likeness (QED) is 0.491. The molecule has 7 nitrogen and oxygen atoms in total. The lowest BCUT2D eigenvalue weighted by atomic mass is 10.2. The van der Waals surface area contributed by atoms with Crippen LogP contribution in [0.25, 0.3) is 0 Å². The van der Waals surface area contributed by atoms with E-state index >= 15 is 0 Å². The fourth-order valence-corrected chi connectivity index (χ4v) is 2.82. The molecule has 0 aliphatic rings. The van der Waals surface area contributed by atoms with Crippen molar-refractivity contribution in [3.63, 3.8) is 0 Å². The van der Waals surface area contributed by atoms with Gasteiger partial charge in [-0.25, -0.2) is 13.4 Å². The molecule has 25 heavy (non-hydrogen) atoms. The number of guanidine groups is 1. The van der Waals surface area contributed by atoms with Crippen molar-refractivity contribution < 1.29 is 12.8 Å². The number of sulfonamides is 1. The van der Waals surface area contributed by atoms with Gasteiger partial charge in [-0.3, -0.25) is 4.72 Å². The highest BCUT2D eigenvalue weighted by molar-refractivity contribution is 7.92. The van der Waals surface area contributed by atoms with Crippen molar-refractivity contribution in [1.29, 1.82) is 0 Å². The summed E-state index contributed by atoms with van der Waals surface area (Å²) in [6.07, 6.45) is 3.54. The lowest BCUT2D eigenvalue weighted by Crippen LogP contribution is -2.38. The molecule has 1 aromatic carbocycles. The maximum absolute atomic E-state index is 11.5. The summed E-state index contributed by atoms with van der Waals surface area (Å²) in [5, 5.41) is 6.41. The van der Waals surface area contributed by atoms with Crippen molar-refractivity contribution >= 4 is 21.7 Å².